The van der Waals surface area contributed by atoms with E-state index in [-0.39, 0.29) is 11.7 Å². The fourth-order valence-corrected chi connectivity index (χ4v) is 2.84. The van der Waals surface area contributed by atoms with E-state index >= 15 is 0 Å². The molecule has 1 N–H and O–H groups in total. The monoisotopic (exact) mass is 341 g/mol. The number of aromatic nitrogens is 1. The van der Waals surface area contributed by atoms with Crippen molar-refractivity contribution in [2.75, 3.05) is 12.0 Å². The van der Waals surface area contributed by atoms with Gasteiger partial charge in [0.15, 0.2) is 0 Å². The van der Waals surface area contributed by atoms with Gasteiger partial charge in [-0.1, -0.05) is 0 Å². The van der Waals surface area contributed by atoms with Crippen LogP contribution >= 0.6 is 22.6 Å². The molecule has 6 heteroatoms. The van der Waals surface area contributed by atoms with Crippen LogP contribution in [0.1, 0.15) is 23.5 Å². The van der Waals surface area contributed by atoms with Gasteiger partial charge in [0.2, 0.25) is 0 Å². The van der Waals surface area contributed by atoms with Gasteiger partial charge in [-0.3, -0.25) is 4.21 Å². The predicted octanol–water partition coefficient (Wildman–Crippen LogP) is 1.73. The molecular weight excluding hydrogens is 329 g/mol. The Morgan fingerprint density at radius 3 is 2.80 bits per heavy atom. The lowest BCUT2D eigenvalue weighted by molar-refractivity contribution is 0.0683. The molecule has 0 saturated heterocycles. The van der Waals surface area contributed by atoms with Crippen molar-refractivity contribution in [2.24, 2.45) is 0 Å². The Balaban J connectivity index is 3.01. The first-order valence-electron chi connectivity index (χ1n) is 4.32. The van der Waals surface area contributed by atoms with Gasteiger partial charge in [0.1, 0.15) is 5.69 Å². The molecule has 1 heterocycles. The Morgan fingerprint density at radius 1 is 1.73 bits per heavy atom. The molecule has 1 aromatic rings. The number of nitrogens with zero attached hydrogens (tertiary/aromatic N) is 1. The molecule has 0 aliphatic heterocycles. The molecule has 0 aliphatic carbocycles. The smallest absolute Gasteiger partial charge is 0.352 e. The van der Waals surface area contributed by atoms with E-state index in [0.29, 0.717) is 5.75 Å². The minimum Gasteiger partial charge on any atom is -0.477 e. The SMILES string of the molecule is CC(CS(C)=O)n1cc(I)cc1C(=O)O. The number of hydrogen-bond donors (Lipinski definition) is 1. The normalized spacial score (nSPS) is 14.9. The van der Waals surface area contributed by atoms with E-state index < -0.39 is 16.8 Å². The molecule has 0 aliphatic rings. The number of rotatable bonds is 4. The Morgan fingerprint density at radius 2 is 2.33 bits per heavy atom. The van der Waals surface area contributed by atoms with Gasteiger partial charge >= 0.3 is 5.97 Å². The number of carbonyl (C=O) groups is 1. The van der Waals surface area contributed by atoms with Crippen LogP contribution in [-0.4, -0.2) is 31.9 Å². The van der Waals surface area contributed by atoms with Crippen LogP contribution in [0.25, 0.3) is 0 Å². The summed E-state index contributed by atoms with van der Waals surface area (Å²) in [4.78, 5) is 10.9. The summed E-state index contributed by atoms with van der Waals surface area (Å²) in [6, 6.07) is 1.54. The van der Waals surface area contributed by atoms with Crippen molar-refractivity contribution < 1.29 is 14.1 Å². The largest absolute Gasteiger partial charge is 0.477 e. The quantitative estimate of drug-likeness (QED) is 0.849. The second-order valence-electron chi connectivity index (χ2n) is 3.34. The molecule has 1 rings (SSSR count). The van der Waals surface area contributed by atoms with Gasteiger partial charge in [0.05, 0.1) is 0 Å². The summed E-state index contributed by atoms with van der Waals surface area (Å²) in [5, 5.41) is 8.96. The van der Waals surface area contributed by atoms with Gasteiger partial charge in [0.25, 0.3) is 0 Å². The molecule has 0 bridgehead atoms. The van der Waals surface area contributed by atoms with E-state index in [1.807, 2.05) is 6.92 Å². The molecule has 0 spiro atoms. The molecule has 0 amide bonds. The van der Waals surface area contributed by atoms with E-state index in [4.69, 9.17) is 5.11 Å². The zero-order chi connectivity index (χ0) is 11.6. The molecule has 0 radical (unpaired) electrons. The molecule has 0 aromatic carbocycles. The lowest BCUT2D eigenvalue weighted by Gasteiger charge is -2.14. The first-order chi connectivity index (χ1) is 6.91. The lowest BCUT2D eigenvalue weighted by atomic mass is 10.3. The van der Waals surface area contributed by atoms with Crippen LogP contribution in [0.15, 0.2) is 12.3 Å². The summed E-state index contributed by atoms with van der Waals surface area (Å²) in [5.41, 5.74) is 0.248. The topological polar surface area (TPSA) is 59.3 Å². The second kappa shape index (κ2) is 5.11. The first-order valence-corrected chi connectivity index (χ1v) is 7.13. The van der Waals surface area contributed by atoms with E-state index in [1.54, 1.807) is 23.1 Å². The van der Waals surface area contributed by atoms with Crippen molar-refractivity contribution in [3.63, 3.8) is 0 Å². The van der Waals surface area contributed by atoms with Gasteiger partial charge in [-0.25, -0.2) is 4.79 Å². The maximum atomic E-state index is 11.1. The number of carboxylic acid groups (broad SMARTS) is 1. The molecule has 2 atom stereocenters. The fraction of sp³-hybridized carbons (Fsp3) is 0.444. The third-order valence-corrected chi connectivity index (χ3v) is 3.53. The fourth-order valence-electron chi connectivity index (χ4n) is 1.40. The third-order valence-electron chi connectivity index (χ3n) is 1.99. The molecule has 4 nitrogen and oxygen atoms in total. The zero-order valence-corrected chi connectivity index (χ0v) is 11.4. The predicted molar refractivity (Wildman–Crippen MR) is 67.8 cm³/mol. The van der Waals surface area contributed by atoms with E-state index in [2.05, 4.69) is 22.6 Å². The highest BCUT2D eigenvalue weighted by atomic mass is 127. The highest BCUT2D eigenvalue weighted by Crippen LogP contribution is 2.17. The van der Waals surface area contributed by atoms with Crippen molar-refractivity contribution in [3.05, 3.63) is 21.5 Å². The van der Waals surface area contributed by atoms with Gasteiger partial charge in [0, 0.05) is 38.6 Å². The maximum Gasteiger partial charge on any atom is 0.352 e. The molecule has 0 saturated carbocycles. The Bertz CT molecular complexity index is 402. The standard InChI is InChI=1S/C9H12INO3S/c1-6(5-15(2)14)11-4-7(10)3-8(11)9(12)13/h3-4,6H,5H2,1-2H3,(H,12,13). The van der Waals surface area contributed by atoms with Crippen LogP contribution < -0.4 is 0 Å². The van der Waals surface area contributed by atoms with Gasteiger partial charge in [-0.05, 0) is 35.6 Å². The zero-order valence-electron chi connectivity index (χ0n) is 8.44. The number of hydrogen-bond acceptors (Lipinski definition) is 2. The molecule has 84 valence electrons. The van der Waals surface area contributed by atoms with E-state index in [9.17, 15) is 9.00 Å². The average Bonchev–Trinajstić information content (AvgIpc) is 2.46. The minimum atomic E-state index is -0.952. The van der Waals surface area contributed by atoms with Crippen molar-refractivity contribution in [2.45, 2.75) is 13.0 Å². The number of halogens is 1. The van der Waals surface area contributed by atoms with Gasteiger partial charge < -0.3 is 9.67 Å². The van der Waals surface area contributed by atoms with Crippen LogP contribution in [0.3, 0.4) is 0 Å². The van der Waals surface area contributed by atoms with E-state index in [1.165, 1.54) is 0 Å². The molecule has 1 aromatic heterocycles. The van der Waals surface area contributed by atoms with Gasteiger partial charge in [-0.2, -0.15) is 0 Å². The molecule has 2 unspecified atom stereocenters. The summed E-state index contributed by atoms with van der Waals surface area (Å²) in [7, 11) is -0.925. The summed E-state index contributed by atoms with van der Waals surface area (Å²) in [6.45, 7) is 1.86. The van der Waals surface area contributed by atoms with E-state index in [0.717, 1.165) is 3.57 Å². The Labute approximate surface area is 104 Å². The molecular formula is C9H12INO3S. The summed E-state index contributed by atoms with van der Waals surface area (Å²) >= 11 is 2.07. The van der Waals surface area contributed by atoms with Crippen LogP contribution in [0.4, 0.5) is 0 Å². The highest BCUT2D eigenvalue weighted by molar-refractivity contribution is 14.1. The van der Waals surface area contributed by atoms with Crippen molar-refractivity contribution in [1.29, 1.82) is 0 Å². The number of aromatic carboxylic acids is 1. The summed E-state index contributed by atoms with van der Waals surface area (Å²) < 4.78 is 13.6. The Kier molecular flexibility index (Phi) is 4.32. The Hall–Kier alpha value is -0.370. The van der Waals surface area contributed by atoms with Crippen molar-refractivity contribution >= 4 is 39.4 Å². The van der Waals surface area contributed by atoms with Crippen LogP contribution in [-0.2, 0) is 10.8 Å². The maximum absolute atomic E-state index is 11.1. The first kappa shape index (κ1) is 12.7. The van der Waals surface area contributed by atoms with Gasteiger partial charge in [-0.15, -0.1) is 0 Å². The van der Waals surface area contributed by atoms with Crippen molar-refractivity contribution in [3.8, 4) is 0 Å². The third kappa shape index (κ3) is 3.30. The van der Waals surface area contributed by atoms with Crippen LogP contribution in [0.2, 0.25) is 0 Å². The lowest BCUT2D eigenvalue weighted by Crippen LogP contribution is -2.16. The average molecular weight is 341 g/mol. The van der Waals surface area contributed by atoms with Crippen LogP contribution in [0, 0.1) is 3.57 Å². The second-order valence-corrected chi connectivity index (χ2v) is 6.07. The van der Waals surface area contributed by atoms with Crippen LogP contribution in [0.5, 0.6) is 0 Å². The molecule has 0 fully saturated rings. The summed E-state index contributed by atoms with van der Waals surface area (Å²) in [6.07, 6.45) is 3.38. The highest BCUT2D eigenvalue weighted by Gasteiger charge is 2.16. The minimum absolute atomic E-state index is 0.0644. The molecule has 15 heavy (non-hydrogen) atoms. The number of carboxylic acids is 1. The van der Waals surface area contributed by atoms with Crippen molar-refractivity contribution in [1.82, 2.24) is 4.57 Å². The summed E-state index contributed by atoms with van der Waals surface area (Å²) in [5.74, 6) is -0.489.